The number of rotatable bonds is 3. The van der Waals surface area contributed by atoms with Crippen LogP contribution in [0.15, 0.2) is 30.3 Å². The summed E-state index contributed by atoms with van der Waals surface area (Å²) in [5, 5.41) is 0. The maximum atomic E-state index is 11.8. The topological polar surface area (TPSA) is 57.7 Å². The van der Waals surface area contributed by atoms with Crippen molar-refractivity contribution in [1.29, 1.82) is 0 Å². The highest BCUT2D eigenvalue weighted by molar-refractivity contribution is 5.92. The van der Waals surface area contributed by atoms with Gasteiger partial charge in [-0.1, -0.05) is 6.07 Å². The van der Waals surface area contributed by atoms with Gasteiger partial charge in [-0.25, -0.2) is 9.78 Å². The van der Waals surface area contributed by atoms with Crippen molar-refractivity contribution in [2.75, 3.05) is 14.2 Å². The fraction of sp³-hybridized carbons (Fsp3) is 0.263. The van der Waals surface area contributed by atoms with Crippen molar-refractivity contribution in [3.8, 4) is 17.4 Å². The van der Waals surface area contributed by atoms with E-state index in [2.05, 4.69) is 11.1 Å². The molecule has 2 aliphatic rings. The third-order valence-corrected chi connectivity index (χ3v) is 4.30. The molecule has 0 unspecified atom stereocenters. The van der Waals surface area contributed by atoms with Crippen molar-refractivity contribution in [3.05, 3.63) is 47.2 Å². The summed E-state index contributed by atoms with van der Waals surface area (Å²) in [6, 6.07) is 8.98. The fourth-order valence-electron chi connectivity index (χ4n) is 2.88. The fourth-order valence-corrected chi connectivity index (χ4v) is 2.88. The van der Waals surface area contributed by atoms with Gasteiger partial charge in [0.2, 0.25) is 5.88 Å². The number of hydrogen-bond acceptors (Lipinski definition) is 5. The third-order valence-electron chi connectivity index (χ3n) is 4.30. The first kappa shape index (κ1) is 14.8. The van der Waals surface area contributed by atoms with Gasteiger partial charge in [-0.05, 0) is 48.6 Å². The number of esters is 1. The molecule has 0 radical (unpaired) electrons. The van der Waals surface area contributed by atoms with E-state index in [4.69, 9.17) is 14.2 Å². The number of hydrogen-bond donors (Lipinski definition) is 0. The first-order valence-electron chi connectivity index (χ1n) is 7.87. The van der Waals surface area contributed by atoms with Gasteiger partial charge in [0.05, 0.1) is 19.8 Å². The zero-order valence-electron chi connectivity index (χ0n) is 13.5. The van der Waals surface area contributed by atoms with E-state index >= 15 is 0 Å². The summed E-state index contributed by atoms with van der Waals surface area (Å²) in [5.41, 5.74) is 3.37. The average molecular weight is 323 g/mol. The van der Waals surface area contributed by atoms with Crippen LogP contribution in [0.2, 0.25) is 0 Å². The molecule has 0 N–H and O–H groups in total. The molecule has 24 heavy (non-hydrogen) atoms. The maximum absolute atomic E-state index is 11.8. The van der Waals surface area contributed by atoms with Gasteiger partial charge in [0.1, 0.15) is 11.4 Å². The minimum atomic E-state index is -0.384. The number of fused-ring (bicyclic) bond motifs is 2. The first-order valence-corrected chi connectivity index (χ1v) is 7.87. The van der Waals surface area contributed by atoms with Gasteiger partial charge < -0.3 is 14.2 Å². The van der Waals surface area contributed by atoms with Crippen LogP contribution in [0.3, 0.4) is 0 Å². The number of carbonyl (C=O) groups excluding carboxylic acids is 1. The molecule has 1 aliphatic heterocycles. The predicted octanol–water partition coefficient (Wildman–Crippen LogP) is 3.93. The summed E-state index contributed by atoms with van der Waals surface area (Å²) in [4.78, 5) is 16.4. The number of nitrogens with zero attached hydrogens (tertiary/aromatic N) is 1. The number of pyridine rings is 1. The van der Waals surface area contributed by atoms with Crippen LogP contribution in [-0.2, 0) is 4.74 Å². The van der Waals surface area contributed by atoms with Gasteiger partial charge in [-0.15, -0.1) is 0 Å². The van der Waals surface area contributed by atoms with Gasteiger partial charge >= 0.3 is 5.97 Å². The molecule has 0 atom stereocenters. The zero-order valence-corrected chi connectivity index (χ0v) is 13.5. The molecule has 1 saturated carbocycles. The molecule has 2 heterocycles. The number of allylic oxidation sites excluding steroid dienone is 1. The molecule has 0 saturated heterocycles. The standard InChI is InChI=1S/C19H17NO4/c1-22-17-8-7-15-18(20-17)14(11-3-4-11)9-12-5-6-13(19(21)23-2)10-16(12)24-15/h5-11H,3-4H2,1-2H3. The Balaban J connectivity index is 1.86. The van der Waals surface area contributed by atoms with E-state index < -0.39 is 0 Å². The minimum Gasteiger partial charge on any atom is -0.481 e. The van der Waals surface area contributed by atoms with Crippen molar-refractivity contribution >= 4 is 17.6 Å². The Morgan fingerprint density at radius 3 is 2.71 bits per heavy atom. The summed E-state index contributed by atoms with van der Waals surface area (Å²) in [6.45, 7) is 0. The molecule has 5 nitrogen and oxygen atoms in total. The SMILES string of the molecule is COC(=O)c1ccc2c(c1)Oc1ccc(OC)nc1C(C1CC1)=C2. The highest BCUT2D eigenvalue weighted by Crippen LogP contribution is 2.48. The largest absolute Gasteiger partial charge is 0.481 e. The second-order valence-corrected chi connectivity index (χ2v) is 5.92. The summed E-state index contributed by atoms with van der Waals surface area (Å²) in [7, 11) is 2.97. The van der Waals surface area contributed by atoms with Gasteiger partial charge in [0.25, 0.3) is 0 Å². The van der Waals surface area contributed by atoms with E-state index in [1.807, 2.05) is 12.1 Å². The number of benzene rings is 1. The molecule has 5 heteroatoms. The average Bonchev–Trinajstić information content (AvgIpc) is 3.45. The first-order chi connectivity index (χ1) is 11.7. The lowest BCUT2D eigenvalue weighted by atomic mass is 10.0. The van der Waals surface area contributed by atoms with E-state index in [0.717, 1.165) is 29.7 Å². The Hall–Kier alpha value is -2.82. The minimum absolute atomic E-state index is 0.384. The molecule has 2 aromatic rings. The molecule has 0 amide bonds. The van der Waals surface area contributed by atoms with Gasteiger partial charge in [-0.3, -0.25) is 0 Å². The molecule has 1 aromatic heterocycles. The van der Waals surface area contributed by atoms with Crippen LogP contribution in [0.4, 0.5) is 0 Å². The molecule has 1 fully saturated rings. The Morgan fingerprint density at radius 2 is 2.00 bits per heavy atom. The second kappa shape index (κ2) is 5.67. The third kappa shape index (κ3) is 2.52. The normalized spacial score (nSPS) is 15.3. The van der Waals surface area contributed by atoms with Gasteiger partial charge in [0.15, 0.2) is 5.75 Å². The lowest BCUT2D eigenvalue weighted by Crippen LogP contribution is -2.01. The lowest BCUT2D eigenvalue weighted by molar-refractivity contribution is 0.0600. The van der Waals surface area contributed by atoms with E-state index in [1.165, 1.54) is 7.11 Å². The van der Waals surface area contributed by atoms with Crippen LogP contribution in [0.1, 0.15) is 34.5 Å². The Labute approximate surface area is 139 Å². The zero-order chi connectivity index (χ0) is 16.7. The van der Waals surface area contributed by atoms with E-state index in [0.29, 0.717) is 28.9 Å². The number of aromatic nitrogens is 1. The highest BCUT2D eigenvalue weighted by Gasteiger charge is 2.32. The van der Waals surface area contributed by atoms with Crippen molar-refractivity contribution in [3.63, 3.8) is 0 Å². The van der Waals surface area contributed by atoms with Crippen LogP contribution in [0.5, 0.6) is 17.4 Å². The number of ether oxygens (including phenoxy) is 3. The number of carbonyl (C=O) groups is 1. The highest BCUT2D eigenvalue weighted by atomic mass is 16.5. The molecule has 1 aromatic carbocycles. The summed E-state index contributed by atoms with van der Waals surface area (Å²) >= 11 is 0. The molecule has 0 bridgehead atoms. The van der Waals surface area contributed by atoms with E-state index in [1.54, 1.807) is 25.3 Å². The quantitative estimate of drug-likeness (QED) is 0.801. The van der Waals surface area contributed by atoms with Crippen LogP contribution >= 0.6 is 0 Å². The monoisotopic (exact) mass is 323 g/mol. The Bertz CT molecular complexity index is 852. The lowest BCUT2D eigenvalue weighted by Gasteiger charge is -2.11. The molecule has 4 rings (SSSR count). The molecule has 0 spiro atoms. The number of methoxy groups -OCH3 is 2. The van der Waals surface area contributed by atoms with Crippen LogP contribution < -0.4 is 9.47 Å². The molecular formula is C19H17NO4. The van der Waals surface area contributed by atoms with Crippen molar-refractivity contribution < 1.29 is 19.0 Å². The maximum Gasteiger partial charge on any atom is 0.337 e. The van der Waals surface area contributed by atoms with Crippen LogP contribution in [0.25, 0.3) is 11.6 Å². The smallest absolute Gasteiger partial charge is 0.337 e. The predicted molar refractivity (Wildman–Crippen MR) is 89.2 cm³/mol. The van der Waals surface area contributed by atoms with Gasteiger partial charge in [-0.2, -0.15) is 0 Å². The van der Waals surface area contributed by atoms with E-state index in [9.17, 15) is 4.79 Å². The van der Waals surface area contributed by atoms with Crippen molar-refractivity contribution in [2.24, 2.45) is 5.92 Å². The molecular weight excluding hydrogens is 306 g/mol. The van der Waals surface area contributed by atoms with Crippen molar-refractivity contribution in [2.45, 2.75) is 12.8 Å². The molecule has 122 valence electrons. The van der Waals surface area contributed by atoms with E-state index in [-0.39, 0.29) is 5.97 Å². The Kier molecular flexibility index (Phi) is 3.49. The van der Waals surface area contributed by atoms with Crippen LogP contribution in [-0.4, -0.2) is 25.2 Å². The second-order valence-electron chi connectivity index (χ2n) is 5.92. The summed E-state index contributed by atoms with van der Waals surface area (Å²) in [5.74, 6) is 1.98. The Morgan fingerprint density at radius 1 is 1.17 bits per heavy atom. The van der Waals surface area contributed by atoms with Gasteiger partial charge in [0, 0.05) is 11.6 Å². The van der Waals surface area contributed by atoms with Crippen molar-refractivity contribution in [1.82, 2.24) is 4.98 Å². The summed E-state index contributed by atoms with van der Waals surface area (Å²) in [6.07, 6.45) is 4.41. The molecule has 1 aliphatic carbocycles. The summed E-state index contributed by atoms with van der Waals surface area (Å²) < 4.78 is 16.1. The van der Waals surface area contributed by atoms with Crippen LogP contribution in [0, 0.1) is 5.92 Å².